The van der Waals surface area contributed by atoms with E-state index in [2.05, 4.69) is 15.2 Å². The molecule has 9 nitrogen and oxygen atoms in total. The highest BCUT2D eigenvalue weighted by Crippen LogP contribution is 2.52. The van der Waals surface area contributed by atoms with Crippen molar-refractivity contribution in [3.8, 4) is 0 Å². The number of nitrogens with zero attached hydrogens (tertiary/aromatic N) is 5. The van der Waals surface area contributed by atoms with Crippen molar-refractivity contribution < 1.29 is 18.7 Å². The Hall–Kier alpha value is -3.07. The van der Waals surface area contributed by atoms with E-state index in [0.29, 0.717) is 31.3 Å². The highest BCUT2D eigenvalue weighted by Gasteiger charge is 2.67. The number of ether oxygens (including phenoxy) is 1. The van der Waals surface area contributed by atoms with Crippen LogP contribution in [0.3, 0.4) is 0 Å². The van der Waals surface area contributed by atoms with Crippen molar-refractivity contribution in [1.29, 1.82) is 0 Å². The van der Waals surface area contributed by atoms with Crippen LogP contribution in [0.4, 0.5) is 0 Å². The Bertz CT molecular complexity index is 1010. The van der Waals surface area contributed by atoms with Gasteiger partial charge in [0.15, 0.2) is 0 Å². The van der Waals surface area contributed by atoms with E-state index in [9.17, 15) is 9.59 Å². The predicted octanol–water partition coefficient (Wildman–Crippen LogP) is 0.968. The molecule has 0 radical (unpaired) electrons. The summed E-state index contributed by atoms with van der Waals surface area (Å²) in [4.78, 5) is 34.0. The first-order valence-electron chi connectivity index (χ1n) is 10.1. The summed E-state index contributed by atoms with van der Waals surface area (Å²) in [5.41, 5.74) is 0.217. The smallest absolute Gasteiger partial charge is 0.235 e. The maximum atomic E-state index is 13.3. The topological polar surface area (TPSA) is 102 Å². The van der Waals surface area contributed by atoms with Gasteiger partial charge in [-0.15, -0.1) is 10.2 Å². The molecule has 0 unspecified atom stereocenters. The highest BCUT2D eigenvalue weighted by molar-refractivity contribution is 5.92. The van der Waals surface area contributed by atoms with Crippen LogP contribution in [0.1, 0.15) is 24.3 Å². The molecule has 0 aromatic carbocycles. The summed E-state index contributed by atoms with van der Waals surface area (Å²) < 4.78 is 11.7. The average molecular weight is 409 g/mol. The lowest BCUT2D eigenvalue weighted by molar-refractivity contribution is -0.143. The van der Waals surface area contributed by atoms with Crippen LogP contribution >= 0.6 is 0 Å². The molecule has 156 valence electrons. The lowest BCUT2D eigenvalue weighted by atomic mass is 9.76. The minimum atomic E-state index is -0.731. The number of carbonyl (C=O) groups excluding carboxylic acids is 2. The summed E-state index contributed by atoms with van der Waals surface area (Å²) >= 11 is 0. The van der Waals surface area contributed by atoms with Crippen LogP contribution in [-0.2, 0) is 33.8 Å². The number of hydrogen-bond donors (Lipinski definition) is 0. The summed E-state index contributed by atoms with van der Waals surface area (Å²) in [5.74, 6) is -0.360. The van der Waals surface area contributed by atoms with Crippen molar-refractivity contribution in [3.63, 3.8) is 0 Å². The lowest BCUT2D eigenvalue weighted by Gasteiger charge is -2.27. The van der Waals surface area contributed by atoms with E-state index >= 15 is 0 Å². The fourth-order valence-corrected chi connectivity index (χ4v) is 4.74. The van der Waals surface area contributed by atoms with E-state index in [0.717, 1.165) is 5.56 Å². The molecule has 9 heteroatoms. The number of likely N-dealkylation sites (tertiary alicyclic amines) is 1. The van der Waals surface area contributed by atoms with Gasteiger partial charge in [0.1, 0.15) is 5.60 Å². The van der Waals surface area contributed by atoms with Gasteiger partial charge in [-0.05, 0) is 11.6 Å². The number of carbonyl (C=O) groups is 2. The van der Waals surface area contributed by atoms with Gasteiger partial charge in [0.2, 0.25) is 23.6 Å². The molecule has 5 rings (SSSR count). The maximum Gasteiger partial charge on any atom is 0.235 e. The third-order valence-electron chi connectivity index (χ3n) is 6.12. The maximum absolute atomic E-state index is 13.3. The normalized spacial score (nSPS) is 28.9. The average Bonchev–Trinajstić information content (AvgIpc) is 3.50. The van der Waals surface area contributed by atoms with E-state index in [1.807, 2.05) is 31.2 Å². The highest BCUT2D eigenvalue weighted by atomic mass is 16.5. The SMILES string of the molecule is CCc1nnc(CN(C)C(=O)[C@H]2[C@@H]3C=C[C@@]4(CN(Cc5cccnc5)C(=O)[C@@H]24)O3)o1. The van der Waals surface area contributed by atoms with Gasteiger partial charge in [0.05, 0.1) is 31.0 Å². The second-order valence-electron chi connectivity index (χ2n) is 8.09. The number of hydrogen-bond acceptors (Lipinski definition) is 7. The molecule has 2 amide bonds. The third-order valence-corrected chi connectivity index (χ3v) is 6.12. The number of rotatable bonds is 6. The van der Waals surface area contributed by atoms with E-state index in [1.165, 1.54) is 0 Å². The zero-order valence-electron chi connectivity index (χ0n) is 16.9. The van der Waals surface area contributed by atoms with Gasteiger partial charge >= 0.3 is 0 Å². The predicted molar refractivity (Wildman–Crippen MR) is 104 cm³/mol. The van der Waals surface area contributed by atoms with Gasteiger partial charge in [-0.3, -0.25) is 14.6 Å². The van der Waals surface area contributed by atoms with Crippen LogP contribution in [0.2, 0.25) is 0 Å². The summed E-state index contributed by atoms with van der Waals surface area (Å²) in [7, 11) is 1.69. The second kappa shape index (κ2) is 7.02. The molecule has 3 aliphatic rings. The number of amides is 2. The molecule has 2 fully saturated rings. The molecule has 1 spiro atoms. The van der Waals surface area contributed by atoms with Gasteiger partial charge in [-0.2, -0.15) is 0 Å². The quantitative estimate of drug-likeness (QED) is 0.655. The van der Waals surface area contributed by atoms with E-state index < -0.39 is 17.4 Å². The first-order chi connectivity index (χ1) is 14.5. The van der Waals surface area contributed by atoms with Crippen LogP contribution in [0.25, 0.3) is 0 Å². The van der Waals surface area contributed by atoms with E-state index in [4.69, 9.17) is 9.15 Å². The van der Waals surface area contributed by atoms with Crippen LogP contribution in [0, 0.1) is 11.8 Å². The monoisotopic (exact) mass is 409 g/mol. The summed E-state index contributed by atoms with van der Waals surface area (Å²) in [6, 6.07) is 3.78. The van der Waals surface area contributed by atoms with Crippen molar-refractivity contribution in [2.24, 2.45) is 11.8 Å². The van der Waals surface area contributed by atoms with Crippen LogP contribution in [-0.4, -0.2) is 62.1 Å². The Balaban J connectivity index is 1.34. The molecule has 0 N–H and O–H groups in total. The number of fused-ring (bicyclic) bond motifs is 1. The fourth-order valence-electron chi connectivity index (χ4n) is 4.74. The molecule has 5 heterocycles. The van der Waals surface area contributed by atoms with Gasteiger partial charge < -0.3 is 19.0 Å². The standard InChI is InChI=1S/C21H23N5O4/c1-3-15-23-24-16(29-15)11-25(2)19(27)17-14-6-7-21(30-14)12-26(20(28)18(17)21)10-13-5-4-8-22-9-13/h4-9,14,17-18H,3,10-12H2,1-2H3/t14-,17-,18+,21-/m0/s1. The molecule has 2 aromatic heterocycles. The molecule has 2 aromatic rings. The first-order valence-corrected chi connectivity index (χ1v) is 10.1. The van der Waals surface area contributed by atoms with E-state index in [-0.39, 0.29) is 24.5 Å². The van der Waals surface area contributed by atoms with Crippen LogP contribution in [0.15, 0.2) is 41.1 Å². The molecule has 2 saturated heterocycles. The second-order valence-corrected chi connectivity index (χ2v) is 8.09. The van der Waals surface area contributed by atoms with Crippen LogP contribution < -0.4 is 0 Å². The lowest BCUT2D eigenvalue weighted by Crippen LogP contribution is -2.44. The van der Waals surface area contributed by atoms with E-state index in [1.54, 1.807) is 29.2 Å². The molecular weight excluding hydrogens is 386 g/mol. The van der Waals surface area contributed by atoms with Crippen LogP contribution in [0.5, 0.6) is 0 Å². The Morgan fingerprint density at radius 2 is 2.20 bits per heavy atom. The number of aromatic nitrogens is 3. The minimum Gasteiger partial charge on any atom is -0.423 e. The Morgan fingerprint density at radius 1 is 1.37 bits per heavy atom. The molecule has 30 heavy (non-hydrogen) atoms. The van der Waals surface area contributed by atoms with Crippen molar-refractivity contribution in [2.45, 2.75) is 38.1 Å². The van der Waals surface area contributed by atoms with Crippen molar-refractivity contribution in [1.82, 2.24) is 25.0 Å². The molecular formula is C21H23N5O4. The Labute approximate surface area is 173 Å². The van der Waals surface area contributed by atoms with Gasteiger partial charge in [0.25, 0.3) is 0 Å². The van der Waals surface area contributed by atoms with Gasteiger partial charge in [0, 0.05) is 32.4 Å². The molecule has 2 bridgehead atoms. The van der Waals surface area contributed by atoms with Crippen molar-refractivity contribution in [2.75, 3.05) is 13.6 Å². The Morgan fingerprint density at radius 3 is 2.93 bits per heavy atom. The molecule has 0 aliphatic carbocycles. The first kappa shape index (κ1) is 18.9. The minimum absolute atomic E-state index is 0.0523. The summed E-state index contributed by atoms with van der Waals surface area (Å²) in [5, 5.41) is 7.93. The molecule has 3 aliphatic heterocycles. The zero-order valence-corrected chi connectivity index (χ0v) is 16.9. The molecule has 4 atom stereocenters. The largest absolute Gasteiger partial charge is 0.423 e. The van der Waals surface area contributed by atoms with Gasteiger partial charge in [-0.25, -0.2) is 0 Å². The zero-order chi connectivity index (χ0) is 20.9. The number of pyridine rings is 1. The van der Waals surface area contributed by atoms with Crippen molar-refractivity contribution in [3.05, 3.63) is 54.0 Å². The molecule has 0 saturated carbocycles. The summed E-state index contributed by atoms with van der Waals surface area (Å²) in [6.45, 7) is 3.01. The van der Waals surface area contributed by atoms with Gasteiger partial charge in [-0.1, -0.05) is 25.1 Å². The Kier molecular flexibility index (Phi) is 4.43. The third kappa shape index (κ3) is 2.92. The summed E-state index contributed by atoms with van der Waals surface area (Å²) in [6.07, 6.45) is 7.57. The van der Waals surface area contributed by atoms with Crippen molar-refractivity contribution >= 4 is 11.8 Å². The number of aryl methyl sites for hydroxylation is 1. The fraction of sp³-hybridized carbons (Fsp3) is 0.476.